The van der Waals surface area contributed by atoms with Crippen molar-refractivity contribution in [3.8, 4) is 5.75 Å². The molecule has 6 heteroatoms. The molecule has 2 N–H and O–H groups in total. The maximum atomic E-state index is 12.7. The van der Waals surface area contributed by atoms with Crippen LogP contribution in [-0.2, 0) is 9.53 Å². The molecule has 1 saturated carbocycles. The van der Waals surface area contributed by atoms with Crippen LogP contribution in [-0.4, -0.2) is 37.1 Å². The Morgan fingerprint density at radius 1 is 1.23 bits per heavy atom. The number of fused-ring (bicyclic) bond motifs is 1. The molecule has 0 bridgehead atoms. The number of hydrogen-bond acceptors (Lipinski definition) is 4. The molecule has 0 unspecified atom stereocenters. The average Bonchev–Trinajstić information content (AvgIpc) is 3.12. The molecule has 1 aliphatic rings. The summed E-state index contributed by atoms with van der Waals surface area (Å²) in [5, 5.41) is 3.68. The normalized spacial score (nSPS) is 16.2. The highest BCUT2D eigenvalue weighted by atomic mass is 16.5. The number of nitrogens with one attached hydrogen (secondary N) is 2. The lowest BCUT2D eigenvalue weighted by atomic mass is 9.85. The molecule has 1 aromatic heterocycles. The maximum absolute atomic E-state index is 12.7. The number of hydrogen-bond donors (Lipinski definition) is 2. The second-order valence-electron chi connectivity index (χ2n) is 6.89. The van der Waals surface area contributed by atoms with Crippen LogP contribution >= 0.6 is 0 Å². The molecule has 140 valence electrons. The number of ether oxygens (including phenoxy) is 2. The van der Waals surface area contributed by atoms with Crippen LogP contribution in [0, 0.1) is 5.92 Å². The van der Waals surface area contributed by atoms with Gasteiger partial charge in [-0.25, -0.2) is 4.79 Å². The molecule has 1 amide bonds. The van der Waals surface area contributed by atoms with Crippen LogP contribution in [0.25, 0.3) is 10.9 Å². The van der Waals surface area contributed by atoms with Gasteiger partial charge in [0, 0.05) is 10.9 Å². The number of rotatable bonds is 6. The zero-order valence-electron chi connectivity index (χ0n) is 15.3. The lowest BCUT2D eigenvalue weighted by molar-refractivity contribution is -0.143. The Labute approximate surface area is 153 Å². The molecule has 0 saturated heterocycles. The predicted octanol–water partition coefficient (Wildman–Crippen LogP) is 3.42. The van der Waals surface area contributed by atoms with E-state index >= 15 is 0 Å². The Kier molecular flexibility index (Phi) is 5.81. The van der Waals surface area contributed by atoms with Gasteiger partial charge in [0.05, 0.1) is 14.2 Å². The van der Waals surface area contributed by atoms with Gasteiger partial charge in [-0.05, 0) is 30.5 Å². The smallest absolute Gasteiger partial charge is 0.328 e. The summed E-state index contributed by atoms with van der Waals surface area (Å²) in [6.07, 6.45) is 6.47. The van der Waals surface area contributed by atoms with Crippen molar-refractivity contribution in [1.82, 2.24) is 10.3 Å². The number of methoxy groups -OCH3 is 2. The monoisotopic (exact) mass is 358 g/mol. The van der Waals surface area contributed by atoms with E-state index in [9.17, 15) is 9.59 Å². The number of carbonyl (C=O) groups excluding carboxylic acids is 2. The molecular formula is C20H26N2O4. The second-order valence-corrected chi connectivity index (χ2v) is 6.89. The van der Waals surface area contributed by atoms with Gasteiger partial charge in [0.2, 0.25) is 0 Å². The first-order chi connectivity index (χ1) is 12.6. The van der Waals surface area contributed by atoms with Gasteiger partial charge in [0.1, 0.15) is 17.5 Å². The lowest BCUT2D eigenvalue weighted by Gasteiger charge is -2.25. The minimum absolute atomic E-state index is 0.311. The van der Waals surface area contributed by atoms with Crippen molar-refractivity contribution < 1.29 is 19.1 Å². The van der Waals surface area contributed by atoms with Crippen molar-refractivity contribution in [3.63, 3.8) is 0 Å². The van der Waals surface area contributed by atoms with E-state index in [0.717, 1.165) is 23.7 Å². The van der Waals surface area contributed by atoms with E-state index in [1.807, 2.05) is 18.2 Å². The van der Waals surface area contributed by atoms with Crippen molar-refractivity contribution in [1.29, 1.82) is 0 Å². The highest BCUT2D eigenvalue weighted by Crippen LogP contribution is 2.28. The van der Waals surface area contributed by atoms with Crippen LogP contribution in [0.1, 0.15) is 49.0 Å². The molecule has 6 nitrogen and oxygen atoms in total. The predicted molar refractivity (Wildman–Crippen MR) is 99.3 cm³/mol. The number of amides is 1. The van der Waals surface area contributed by atoms with E-state index in [-0.39, 0.29) is 5.91 Å². The van der Waals surface area contributed by atoms with Gasteiger partial charge in [-0.15, -0.1) is 0 Å². The number of carbonyl (C=O) groups is 2. The van der Waals surface area contributed by atoms with E-state index in [0.29, 0.717) is 23.8 Å². The van der Waals surface area contributed by atoms with E-state index in [1.165, 1.54) is 26.4 Å². The SMILES string of the molecule is COC(=O)[C@H](CC1CCCCC1)NC(=O)c1cc2c(OC)cccc2[nH]1. The van der Waals surface area contributed by atoms with Crippen LogP contribution in [0.15, 0.2) is 24.3 Å². The molecule has 26 heavy (non-hydrogen) atoms. The standard InChI is InChI=1S/C20H26N2O4/c1-25-18-10-6-9-15-14(18)12-16(21-15)19(23)22-17(20(24)26-2)11-13-7-4-3-5-8-13/h6,9-10,12-13,17,21H,3-5,7-8,11H2,1-2H3,(H,22,23)/t17-/m0/s1. The van der Waals surface area contributed by atoms with Gasteiger partial charge in [0.25, 0.3) is 5.91 Å². The summed E-state index contributed by atoms with van der Waals surface area (Å²) >= 11 is 0. The number of esters is 1. The maximum Gasteiger partial charge on any atom is 0.328 e. The summed E-state index contributed by atoms with van der Waals surface area (Å²) in [5.74, 6) is 0.451. The van der Waals surface area contributed by atoms with Crippen molar-refractivity contribution in [3.05, 3.63) is 30.0 Å². The van der Waals surface area contributed by atoms with Gasteiger partial charge >= 0.3 is 5.97 Å². The summed E-state index contributed by atoms with van der Waals surface area (Å²) < 4.78 is 10.2. The van der Waals surface area contributed by atoms with Crippen molar-refractivity contribution in [2.75, 3.05) is 14.2 Å². The molecule has 3 rings (SSSR count). The Balaban J connectivity index is 1.75. The first-order valence-corrected chi connectivity index (χ1v) is 9.16. The van der Waals surface area contributed by atoms with Crippen molar-refractivity contribution in [2.24, 2.45) is 5.92 Å². The Morgan fingerprint density at radius 2 is 2.00 bits per heavy atom. The third-order valence-corrected chi connectivity index (χ3v) is 5.17. The first-order valence-electron chi connectivity index (χ1n) is 9.16. The molecule has 1 aromatic carbocycles. The summed E-state index contributed by atoms with van der Waals surface area (Å²) in [6.45, 7) is 0. The minimum atomic E-state index is -0.621. The van der Waals surface area contributed by atoms with E-state index in [2.05, 4.69) is 10.3 Å². The minimum Gasteiger partial charge on any atom is -0.496 e. The number of aromatic nitrogens is 1. The molecular weight excluding hydrogens is 332 g/mol. The summed E-state index contributed by atoms with van der Waals surface area (Å²) in [7, 11) is 2.95. The number of aromatic amines is 1. The largest absolute Gasteiger partial charge is 0.496 e. The fraction of sp³-hybridized carbons (Fsp3) is 0.500. The van der Waals surface area contributed by atoms with Crippen LogP contribution in [0.5, 0.6) is 5.75 Å². The molecule has 1 aliphatic carbocycles. The Morgan fingerprint density at radius 3 is 2.69 bits per heavy atom. The van der Waals surface area contributed by atoms with Gasteiger partial charge in [-0.2, -0.15) is 0 Å². The van der Waals surface area contributed by atoms with Gasteiger partial charge in [-0.1, -0.05) is 38.2 Å². The van der Waals surface area contributed by atoms with Gasteiger partial charge in [0.15, 0.2) is 0 Å². The average molecular weight is 358 g/mol. The summed E-state index contributed by atoms with van der Waals surface area (Å²) in [6, 6.07) is 6.72. The summed E-state index contributed by atoms with van der Waals surface area (Å²) in [5.41, 5.74) is 1.22. The third-order valence-electron chi connectivity index (χ3n) is 5.17. The Bertz CT molecular complexity index is 777. The van der Waals surface area contributed by atoms with Crippen LogP contribution < -0.4 is 10.1 Å². The second kappa shape index (κ2) is 8.25. The first kappa shape index (κ1) is 18.3. The zero-order chi connectivity index (χ0) is 18.5. The fourth-order valence-electron chi connectivity index (χ4n) is 3.78. The van der Waals surface area contributed by atoms with Gasteiger partial charge in [-0.3, -0.25) is 4.79 Å². The van der Waals surface area contributed by atoms with Crippen LogP contribution in [0.2, 0.25) is 0 Å². The molecule has 2 aromatic rings. The summed E-state index contributed by atoms with van der Waals surface area (Å²) in [4.78, 5) is 27.9. The van der Waals surface area contributed by atoms with Crippen LogP contribution in [0.4, 0.5) is 0 Å². The van der Waals surface area contributed by atoms with Crippen LogP contribution in [0.3, 0.4) is 0 Å². The molecule has 0 spiro atoms. The molecule has 0 aliphatic heterocycles. The Hall–Kier alpha value is -2.50. The zero-order valence-corrected chi connectivity index (χ0v) is 15.3. The van der Waals surface area contributed by atoms with E-state index in [4.69, 9.17) is 9.47 Å². The molecule has 0 radical (unpaired) electrons. The van der Waals surface area contributed by atoms with Gasteiger partial charge < -0.3 is 19.8 Å². The van der Waals surface area contributed by atoms with E-state index in [1.54, 1.807) is 13.2 Å². The fourth-order valence-corrected chi connectivity index (χ4v) is 3.78. The lowest BCUT2D eigenvalue weighted by Crippen LogP contribution is -2.43. The van der Waals surface area contributed by atoms with Crippen molar-refractivity contribution in [2.45, 2.75) is 44.6 Å². The number of H-pyrrole nitrogens is 1. The topological polar surface area (TPSA) is 80.4 Å². The molecule has 1 fully saturated rings. The highest BCUT2D eigenvalue weighted by Gasteiger charge is 2.27. The highest BCUT2D eigenvalue weighted by molar-refractivity contribution is 6.01. The third kappa shape index (κ3) is 4.00. The molecule has 1 atom stereocenters. The molecule has 1 heterocycles. The van der Waals surface area contributed by atoms with E-state index < -0.39 is 12.0 Å². The van der Waals surface area contributed by atoms with Crippen molar-refractivity contribution >= 4 is 22.8 Å². The number of benzene rings is 1. The quantitative estimate of drug-likeness (QED) is 0.776.